The lowest BCUT2D eigenvalue weighted by atomic mass is 10.1. The molecule has 110 valence electrons. The molecule has 1 aliphatic rings. The number of aliphatic hydroxyl groups is 1. The van der Waals surface area contributed by atoms with Crippen LogP contribution in [-0.4, -0.2) is 42.2 Å². The zero-order valence-corrected chi connectivity index (χ0v) is 12.4. The van der Waals surface area contributed by atoms with Crippen molar-refractivity contribution in [1.29, 1.82) is 0 Å². The van der Waals surface area contributed by atoms with Crippen LogP contribution in [0.5, 0.6) is 5.75 Å². The second kappa shape index (κ2) is 6.95. The molecule has 1 heterocycles. The van der Waals surface area contributed by atoms with Crippen LogP contribution in [0.1, 0.15) is 24.8 Å². The average Bonchev–Trinajstić information content (AvgIpc) is 2.45. The summed E-state index contributed by atoms with van der Waals surface area (Å²) >= 11 is 6.06. The van der Waals surface area contributed by atoms with Gasteiger partial charge in [-0.25, -0.2) is 0 Å². The smallest absolute Gasteiger partial charge is 0.222 e. The molecule has 1 amide bonds. The number of hydrogen-bond acceptors (Lipinski definition) is 3. The first-order valence-electron chi connectivity index (χ1n) is 6.88. The Morgan fingerprint density at radius 1 is 1.45 bits per heavy atom. The predicted molar refractivity (Wildman–Crippen MR) is 78.1 cm³/mol. The van der Waals surface area contributed by atoms with Crippen molar-refractivity contribution in [1.82, 2.24) is 4.90 Å². The van der Waals surface area contributed by atoms with Crippen LogP contribution in [0.4, 0.5) is 0 Å². The van der Waals surface area contributed by atoms with Gasteiger partial charge in [-0.15, -0.1) is 0 Å². The van der Waals surface area contributed by atoms with Crippen molar-refractivity contribution < 1.29 is 14.6 Å². The molecule has 0 spiro atoms. The van der Waals surface area contributed by atoms with Crippen molar-refractivity contribution in [2.75, 3.05) is 20.2 Å². The Morgan fingerprint density at radius 3 is 2.75 bits per heavy atom. The van der Waals surface area contributed by atoms with Crippen molar-refractivity contribution in [2.45, 2.75) is 31.8 Å². The topological polar surface area (TPSA) is 49.8 Å². The summed E-state index contributed by atoms with van der Waals surface area (Å²) in [6.45, 7) is 1.31. The highest BCUT2D eigenvalue weighted by atomic mass is 35.5. The van der Waals surface area contributed by atoms with Gasteiger partial charge in [0, 0.05) is 19.5 Å². The molecule has 0 aliphatic carbocycles. The van der Waals surface area contributed by atoms with Crippen LogP contribution < -0.4 is 4.74 Å². The first-order chi connectivity index (χ1) is 9.60. The van der Waals surface area contributed by atoms with Crippen LogP contribution >= 0.6 is 11.6 Å². The minimum Gasteiger partial charge on any atom is -0.495 e. The molecule has 20 heavy (non-hydrogen) atoms. The highest BCUT2D eigenvalue weighted by molar-refractivity contribution is 6.32. The standard InChI is InChI=1S/C15H20ClNO3/c1-20-14-4-2-11(10-13(14)16)3-5-15(19)17-8-6-12(18)7-9-17/h2,4,10,12,18H,3,5-9H2,1H3. The van der Waals surface area contributed by atoms with Crippen molar-refractivity contribution in [3.63, 3.8) is 0 Å². The maximum Gasteiger partial charge on any atom is 0.222 e. The number of carbonyl (C=O) groups excluding carboxylic acids is 1. The number of aliphatic hydroxyl groups excluding tert-OH is 1. The van der Waals surface area contributed by atoms with Crippen molar-refractivity contribution >= 4 is 17.5 Å². The lowest BCUT2D eigenvalue weighted by Crippen LogP contribution is -2.40. The van der Waals surface area contributed by atoms with Gasteiger partial charge in [0.05, 0.1) is 18.2 Å². The normalized spacial score (nSPS) is 16.2. The van der Waals surface area contributed by atoms with Crippen LogP contribution in [0, 0.1) is 0 Å². The van der Waals surface area contributed by atoms with Crippen LogP contribution in [-0.2, 0) is 11.2 Å². The van der Waals surface area contributed by atoms with E-state index < -0.39 is 0 Å². The van der Waals surface area contributed by atoms with E-state index in [4.69, 9.17) is 16.3 Å². The van der Waals surface area contributed by atoms with Gasteiger partial charge in [0.25, 0.3) is 0 Å². The SMILES string of the molecule is COc1ccc(CCC(=O)N2CCC(O)CC2)cc1Cl. The van der Waals surface area contributed by atoms with Gasteiger partial charge >= 0.3 is 0 Å². The number of methoxy groups -OCH3 is 1. The predicted octanol–water partition coefficient (Wildman–Crippen LogP) is 2.26. The minimum absolute atomic E-state index is 0.142. The van der Waals surface area contributed by atoms with Crippen LogP contribution in [0.2, 0.25) is 5.02 Å². The summed E-state index contributed by atoms with van der Waals surface area (Å²) in [5.74, 6) is 0.788. The van der Waals surface area contributed by atoms with E-state index >= 15 is 0 Å². The van der Waals surface area contributed by atoms with Gasteiger partial charge in [-0.2, -0.15) is 0 Å². The zero-order chi connectivity index (χ0) is 14.5. The fourth-order valence-corrected chi connectivity index (χ4v) is 2.67. The van der Waals surface area contributed by atoms with Crippen LogP contribution in [0.15, 0.2) is 18.2 Å². The molecular weight excluding hydrogens is 278 g/mol. The third-order valence-corrected chi connectivity index (χ3v) is 3.96. The molecule has 0 saturated carbocycles. The van der Waals surface area contributed by atoms with Crippen molar-refractivity contribution in [3.8, 4) is 5.75 Å². The Hall–Kier alpha value is -1.26. The number of halogens is 1. The second-order valence-electron chi connectivity index (χ2n) is 5.08. The van der Waals surface area contributed by atoms with Crippen LogP contribution in [0.25, 0.3) is 0 Å². The Balaban J connectivity index is 1.85. The van der Waals surface area contributed by atoms with E-state index in [-0.39, 0.29) is 12.0 Å². The van der Waals surface area contributed by atoms with Gasteiger partial charge in [0.2, 0.25) is 5.91 Å². The van der Waals surface area contributed by atoms with E-state index in [1.807, 2.05) is 23.1 Å². The number of nitrogens with zero attached hydrogens (tertiary/aromatic N) is 1. The molecule has 1 saturated heterocycles. The summed E-state index contributed by atoms with van der Waals surface area (Å²) in [6, 6.07) is 5.59. The van der Waals surface area contributed by atoms with E-state index in [0.717, 1.165) is 5.56 Å². The second-order valence-corrected chi connectivity index (χ2v) is 5.49. The van der Waals surface area contributed by atoms with E-state index in [0.29, 0.717) is 49.5 Å². The molecule has 0 aromatic heterocycles. The van der Waals surface area contributed by atoms with Gasteiger partial charge < -0.3 is 14.7 Å². The number of piperidine rings is 1. The Kier molecular flexibility index (Phi) is 5.26. The van der Waals surface area contributed by atoms with Gasteiger partial charge in [0.15, 0.2) is 0 Å². The highest BCUT2D eigenvalue weighted by Gasteiger charge is 2.20. The molecular formula is C15H20ClNO3. The Morgan fingerprint density at radius 2 is 2.15 bits per heavy atom. The lowest BCUT2D eigenvalue weighted by Gasteiger charge is -2.29. The fraction of sp³-hybridized carbons (Fsp3) is 0.533. The third-order valence-electron chi connectivity index (χ3n) is 3.66. The summed E-state index contributed by atoms with van der Waals surface area (Å²) in [5, 5.41) is 10.0. The molecule has 0 bridgehead atoms. The summed E-state index contributed by atoms with van der Waals surface area (Å²) in [4.78, 5) is 13.9. The molecule has 1 aromatic rings. The Labute approximate surface area is 124 Å². The number of likely N-dealkylation sites (tertiary alicyclic amines) is 1. The Bertz CT molecular complexity index is 470. The zero-order valence-electron chi connectivity index (χ0n) is 11.6. The van der Waals surface area contributed by atoms with Gasteiger partial charge in [0.1, 0.15) is 5.75 Å². The molecule has 0 unspecified atom stereocenters. The summed E-state index contributed by atoms with van der Waals surface area (Å²) in [7, 11) is 1.58. The molecule has 1 fully saturated rings. The van der Waals surface area contributed by atoms with E-state index in [1.165, 1.54) is 0 Å². The average molecular weight is 298 g/mol. The minimum atomic E-state index is -0.251. The lowest BCUT2D eigenvalue weighted by molar-refractivity contribution is -0.133. The molecule has 1 aliphatic heterocycles. The quantitative estimate of drug-likeness (QED) is 0.927. The molecule has 4 nitrogen and oxygen atoms in total. The highest BCUT2D eigenvalue weighted by Crippen LogP contribution is 2.25. The van der Waals surface area contributed by atoms with Gasteiger partial charge in [-0.1, -0.05) is 17.7 Å². The molecule has 1 N–H and O–H groups in total. The molecule has 0 radical (unpaired) electrons. The van der Waals surface area contributed by atoms with Gasteiger partial charge in [-0.05, 0) is 37.0 Å². The summed E-state index contributed by atoms with van der Waals surface area (Å²) in [5.41, 5.74) is 1.03. The number of rotatable bonds is 4. The van der Waals surface area contributed by atoms with Crippen molar-refractivity contribution in [2.24, 2.45) is 0 Å². The fourth-order valence-electron chi connectivity index (χ4n) is 2.39. The largest absolute Gasteiger partial charge is 0.495 e. The maximum atomic E-state index is 12.1. The van der Waals surface area contributed by atoms with E-state index in [1.54, 1.807) is 7.11 Å². The summed E-state index contributed by atoms with van der Waals surface area (Å²) < 4.78 is 5.10. The van der Waals surface area contributed by atoms with E-state index in [9.17, 15) is 9.90 Å². The number of amides is 1. The maximum absolute atomic E-state index is 12.1. The van der Waals surface area contributed by atoms with E-state index in [2.05, 4.69) is 0 Å². The monoisotopic (exact) mass is 297 g/mol. The third kappa shape index (κ3) is 3.87. The first-order valence-corrected chi connectivity index (χ1v) is 7.26. The first kappa shape index (κ1) is 15.1. The molecule has 5 heteroatoms. The number of hydrogen-bond donors (Lipinski definition) is 1. The van der Waals surface area contributed by atoms with Crippen molar-refractivity contribution in [3.05, 3.63) is 28.8 Å². The molecule has 0 atom stereocenters. The number of carbonyl (C=O) groups is 1. The molecule has 2 rings (SSSR count). The number of ether oxygens (including phenoxy) is 1. The summed E-state index contributed by atoms with van der Waals surface area (Å²) in [6.07, 6.45) is 2.25. The van der Waals surface area contributed by atoms with Gasteiger partial charge in [-0.3, -0.25) is 4.79 Å². The number of aryl methyl sites for hydroxylation is 1. The van der Waals surface area contributed by atoms with Crippen LogP contribution in [0.3, 0.4) is 0 Å². The molecule has 1 aromatic carbocycles. The number of benzene rings is 1.